The van der Waals surface area contributed by atoms with Gasteiger partial charge < -0.3 is 15.8 Å². The van der Waals surface area contributed by atoms with Crippen LogP contribution in [0.4, 0.5) is 14.5 Å². The van der Waals surface area contributed by atoms with Crippen LogP contribution in [0.3, 0.4) is 0 Å². The lowest BCUT2D eigenvalue weighted by molar-refractivity contribution is 0.0950. The number of anilines is 1. The van der Waals surface area contributed by atoms with Crippen LogP contribution in [-0.4, -0.2) is 36.3 Å². The summed E-state index contributed by atoms with van der Waals surface area (Å²) in [6.45, 7) is 8.49. The Labute approximate surface area is 234 Å². The van der Waals surface area contributed by atoms with Crippen LogP contribution in [-0.2, 0) is 0 Å². The van der Waals surface area contributed by atoms with Crippen molar-refractivity contribution in [1.82, 2.24) is 10.3 Å². The maximum atomic E-state index is 15.0. The minimum atomic E-state index is -0.944. The number of ether oxygens (including phenoxy) is 1. The van der Waals surface area contributed by atoms with E-state index in [2.05, 4.69) is 17.2 Å². The molecule has 2 aromatic carbocycles. The average Bonchev–Trinajstić information content (AvgIpc) is 3.69. The van der Waals surface area contributed by atoms with E-state index in [1.807, 2.05) is 19.9 Å². The lowest BCUT2D eigenvalue weighted by atomic mass is 9.93. The van der Waals surface area contributed by atoms with Crippen molar-refractivity contribution in [3.63, 3.8) is 0 Å². The fraction of sp³-hybridized carbons (Fsp3) is 0.406. The number of carbonyl (C=O) groups excluding carboxylic acids is 1. The second kappa shape index (κ2) is 11.4. The third-order valence-electron chi connectivity index (χ3n) is 7.67. The molecule has 8 heteroatoms. The third kappa shape index (κ3) is 5.71. The van der Waals surface area contributed by atoms with Gasteiger partial charge in [0.1, 0.15) is 11.4 Å². The molecule has 1 aliphatic heterocycles. The van der Waals surface area contributed by atoms with E-state index in [4.69, 9.17) is 15.5 Å². The topological polar surface area (TPSA) is 89.6 Å². The first-order chi connectivity index (χ1) is 19.2. The second-order valence-corrected chi connectivity index (χ2v) is 11.1. The van der Waals surface area contributed by atoms with Gasteiger partial charge in [0.2, 0.25) is 0 Å². The zero-order valence-corrected chi connectivity index (χ0v) is 23.5. The van der Waals surface area contributed by atoms with E-state index in [9.17, 15) is 9.18 Å². The van der Waals surface area contributed by atoms with E-state index >= 15 is 4.39 Å². The molecule has 5 rings (SSSR count). The minimum absolute atomic E-state index is 0.0820. The largest absolute Gasteiger partial charge is 0.490 e. The molecular formula is C32H36F2N4O2. The number of amides is 1. The highest BCUT2D eigenvalue weighted by Gasteiger charge is 2.30. The van der Waals surface area contributed by atoms with E-state index < -0.39 is 11.6 Å². The fourth-order valence-corrected chi connectivity index (χ4v) is 5.17. The Hall–Kier alpha value is -3.81. The number of halogens is 2. The number of aryl methyl sites for hydroxylation is 2. The Morgan fingerprint density at radius 2 is 2.00 bits per heavy atom. The van der Waals surface area contributed by atoms with E-state index in [-0.39, 0.29) is 23.3 Å². The first kappa shape index (κ1) is 27.7. The lowest BCUT2D eigenvalue weighted by Gasteiger charge is -2.20. The molecule has 0 bridgehead atoms. The monoisotopic (exact) mass is 546 g/mol. The van der Waals surface area contributed by atoms with Gasteiger partial charge in [0, 0.05) is 58.2 Å². The summed E-state index contributed by atoms with van der Waals surface area (Å²) >= 11 is 0. The first-order valence-corrected chi connectivity index (χ1v) is 14.0. The number of nitrogens with two attached hydrogens (primary N) is 1. The number of hydrogen-bond acceptors (Lipinski definition) is 5. The molecule has 1 aromatic heterocycles. The molecule has 40 heavy (non-hydrogen) atoms. The second-order valence-electron chi connectivity index (χ2n) is 11.1. The van der Waals surface area contributed by atoms with Crippen LogP contribution in [0.1, 0.15) is 89.7 Å². The molecule has 6 nitrogen and oxygen atoms in total. The molecule has 2 heterocycles. The summed E-state index contributed by atoms with van der Waals surface area (Å²) in [6.07, 6.45) is 5.55. The lowest BCUT2D eigenvalue weighted by Crippen LogP contribution is -2.29. The number of aromatic nitrogens is 1. The van der Waals surface area contributed by atoms with Crippen LogP contribution in [0.25, 0.3) is 11.3 Å². The van der Waals surface area contributed by atoms with Crippen molar-refractivity contribution in [2.75, 3.05) is 18.9 Å². The van der Waals surface area contributed by atoms with Crippen molar-refractivity contribution < 1.29 is 18.3 Å². The highest BCUT2D eigenvalue weighted by Crippen LogP contribution is 2.43. The van der Waals surface area contributed by atoms with Gasteiger partial charge in [-0.2, -0.15) is 0 Å². The molecule has 1 fully saturated rings. The molecule has 0 radical (unpaired) electrons. The van der Waals surface area contributed by atoms with Crippen molar-refractivity contribution in [2.45, 2.75) is 71.3 Å². The number of pyridine rings is 1. The van der Waals surface area contributed by atoms with Gasteiger partial charge in [-0.1, -0.05) is 20.3 Å². The molecule has 1 aliphatic carbocycles. The zero-order chi connectivity index (χ0) is 28.6. The normalized spacial score (nSPS) is 17.1. The fourth-order valence-electron chi connectivity index (χ4n) is 5.17. The van der Waals surface area contributed by atoms with E-state index in [1.54, 1.807) is 31.3 Å². The molecule has 0 spiro atoms. The SMILES string of the molecule is CCCC(CNC(=O)c1cc(C)c(N)c(C=NC2CC2)c1)c1cc2c(c(-c3cc(C)cc(F)c3F)n1)OCC2C. The predicted molar refractivity (Wildman–Crippen MR) is 154 cm³/mol. The quantitative estimate of drug-likeness (QED) is 0.233. The van der Waals surface area contributed by atoms with Crippen molar-refractivity contribution in [3.05, 3.63) is 75.5 Å². The van der Waals surface area contributed by atoms with Gasteiger partial charge >= 0.3 is 0 Å². The minimum Gasteiger partial charge on any atom is -0.490 e. The predicted octanol–water partition coefficient (Wildman–Crippen LogP) is 6.62. The Morgan fingerprint density at radius 3 is 2.73 bits per heavy atom. The summed E-state index contributed by atoms with van der Waals surface area (Å²) in [4.78, 5) is 22.6. The number of benzene rings is 2. The molecule has 1 saturated carbocycles. The van der Waals surface area contributed by atoms with Crippen LogP contribution in [0.2, 0.25) is 0 Å². The summed E-state index contributed by atoms with van der Waals surface area (Å²) in [7, 11) is 0. The van der Waals surface area contributed by atoms with Crippen LogP contribution < -0.4 is 15.8 Å². The Morgan fingerprint density at radius 1 is 1.23 bits per heavy atom. The number of fused-ring (bicyclic) bond motifs is 1. The smallest absolute Gasteiger partial charge is 0.251 e. The molecule has 3 N–H and O–H groups in total. The van der Waals surface area contributed by atoms with Crippen molar-refractivity contribution in [2.24, 2.45) is 4.99 Å². The van der Waals surface area contributed by atoms with E-state index in [0.29, 0.717) is 47.5 Å². The van der Waals surface area contributed by atoms with Crippen LogP contribution >= 0.6 is 0 Å². The van der Waals surface area contributed by atoms with Gasteiger partial charge in [-0.05, 0) is 74.6 Å². The van der Waals surface area contributed by atoms with Gasteiger partial charge in [-0.3, -0.25) is 9.79 Å². The standard InChI is InChI=1S/C32H36F2N4O2/c1-5-6-20(14-37-32(39)21-11-18(3)29(35)22(12-21)15-36-23-7-8-23)27-13-24-19(4)16-40-31(24)30(38-27)25-9-17(2)10-26(33)28(25)34/h9-13,15,19-20,23H,5-8,14,16,35H2,1-4H3,(H,37,39). The summed E-state index contributed by atoms with van der Waals surface area (Å²) in [5, 5.41) is 3.07. The van der Waals surface area contributed by atoms with Gasteiger partial charge in [0.15, 0.2) is 11.6 Å². The van der Waals surface area contributed by atoms with Gasteiger partial charge in [-0.25, -0.2) is 13.8 Å². The van der Waals surface area contributed by atoms with Crippen molar-refractivity contribution >= 4 is 17.8 Å². The molecule has 3 aromatic rings. The molecule has 2 aliphatic rings. The maximum absolute atomic E-state index is 15.0. The Balaban J connectivity index is 1.44. The van der Waals surface area contributed by atoms with Gasteiger partial charge in [-0.15, -0.1) is 0 Å². The summed E-state index contributed by atoms with van der Waals surface area (Å²) in [5.74, 6) is -1.62. The van der Waals surface area contributed by atoms with E-state index in [1.165, 1.54) is 6.07 Å². The van der Waals surface area contributed by atoms with Crippen molar-refractivity contribution in [1.29, 1.82) is 0 Å². The van der Waals surface area contributed by atoms with Gasteiger partial charge in [0.05, 0.1) is 12.6 Å². The molecule has 210 valence electrons. The van der Waals surface area contributed by atoms with E-state index in [0.717, 1.165) is 48.1 Å². The summed E-state index contributed by atoms with van der Waals surface area (Å²) < 4.78 is 35.3. The molecular weight excluding hydrogens is 510 g/mol. The highest BCUT2D eigenvalue weighted by atomic mass is 19.2. The number of nitrogen functional groups attached to an aromatic ring is 1. The number of carbonyl (C=O) groups is 1. The van der Waals surface area contributed by atoms with Crippen molar-refractivity contribution in [3.8, 4) is 17.0 Å². The first-order valence-electron chi connectivity index (χ1n) is 14.0. The van der Waals surface area contributed by atoms with Crippen LogP contribution in [0.15, 0.2) is 35.3 Å². The number of rotatable bonds is 9. The van der Waals surface area contributed by atoms with Crippen LogP contribution in [0.5, 0.6) is 5.75 Å². The number of nitrogens with one attached hydrogen (secondary N) is 1. The van der Waals surface area contributed by atoms with Crippen LogP contribution in [0, 0.1) is 25.5 Å². The molecule has 2 atom stereocenters. The Bertz CT molecular complexity index is 1480. The molecule has 2 unspecified atom stereocenters. The average molecular weight is 547 g/mol. The molecule has 0 saturated heterocycles. The number of hydrogen-bond donors (Lipinski definition) is 2. The van der Waals surface area contributed by atoms with Gasteiger partial charge in [0.25, 0.3) is 5.91 Å². The zero-order valence-electron chi connectivity index (χ0n) is 23.5. The number of nitrogens with zero attached hydrogens (tertiary/aromatic N) is 2. The molecule has 1 amide bonds. The Kier molecular flexibility index (Phi) is 7.88. The summed E-state index contributed by atoms with van der Waals surface area (Å²) in [6, 6.07) is 8.68. The number of aliphatic imine (C=N–C) groups is 1. The maximum Gasteiger partial charge on any atom is 0.251 e. The third-order valence-corrected chi connectivity index (χ3v) is 7.67. The summed E-state index contributed by atoms with van der Waals surface area (Å²) in [5.41, 5.74) is 11.6. The highest BCUT2D eigenvalue weighted by molar-refractivity contribution is 5.98.